The van der Waals surface area contributed by atoms with Crippen LogP contribution in [0.1, 0.15) is 18.1 Å². The second-order valence-corrected chi connectivity index (χ2v) is 6.12. The van der Waals surface area contributed by atoms with Crippen molar-refractivity contribution >= 4 is 23.0 Å². The average Bonchev–Trinajstić information content (AvgIpc) is 2.96. The molecule has 0 bridgehead atoms. The quantitative estimate of drug-likeness (QED) is 0.674. The summed E-state index contributed by atoms with van der Waals surface area (Å²) in [6.07, 6.45) is 5.11. The smallest absolute Gasteiger partial charge is 0.203 e. The van der Waals surface area contributed by atoms with E-state index in [4.69, 9.17) is 17.0 Å². The summed E-state index contributed by atoms with van der Waals surface area (Å²) in [5.74, 6) is 0.825. The number of ether oxygens (including phenoxy) is 1. The number of hydrogen-bond donors (Lipinski definition) is 1. The number of rotatable bonds is 5. The molecule has 0 radical (unpaired) electrons. The summed E-state index contributed by atoms with van der Waals surface area (Å²) >= 11 is 5.34. The predicted molar refractivity (Wildman–Crippen MR) is 97.7 cm³/mol. The molecule has 3 rings (SSSR count). The molecule has 0 fully saturated rings. The van der Waals surface area contributed by atoms with E-state index >= 15 is 0 Å². The van der Waals surface area contributed by atoms with Crippen LogP contribution < -0.4 is 5.32 Å². The summed E-state index contributed by atoms with van der Waals surface area (Å²) in [7, 11) is 0. The van der Waals surface area contributed by atoms with E-state index in [1.165, 1.54) is 5.56 Å². The largest absolute Gasteiger partial charge is 0.444 e. The molecule has 0 unspecified atom stereocenters. The highest BCUT2D eigenvalue weighted by Crippen LogP contribution is 2.26. The molecule has 2 aromatic carbocycles. The number of hydrogen-bond acceptors (Lipinski definition) is 2. The van der Waals surface area contributed by atoms with Crippen LogP contribution in [0.4, 0.5) is 0 Å². The van der Waals surface area contributed by atoms with Crippen molar-refractivity contribution in [1.29, 1.82) is 0 Å². The molecule has 2 nitrogen and oxygen atoms in total. The average molecular weight is 322 g/mol. The molecule has 23 heavy (non-hydrogen) atoms. The maximum atomic E-state index is 5.71. The van der Waals surface area contributed by atoms with Gasteiger partial charge in [0.25, 0.3) is 0 Å². The van der Waals surface area contributed by atoms with Crippen LogP contribution in [0.2, 0.25) is 0 Å². The lowest BCUT2D eigenvalue weighted by Crippen LogP contribution is -2.84. The van der Waals surface area contributed by atoms with Crippen molar-refractivity contribution in [2.24, 2.45) is 0 Å². The Hall–Kier alpha value is -2.23. The zero-order valence-electron chi connectivity index (χ0n) is 13.1. The first kappa shape index (κ1) is 15.7. The fraction of sp³-hybridized carbons (Fsp3) is 0.150. The Labute approximate surface area is 142 Å². The van der Waals surface area contributed by atoms with Gasteiger partial charge in [-0.05, 0) is 30.8 Å². The summed E-state index contributed by atoms with van der Waals surface area (Å²) in [5.41, 5.74) is 3.37. The van der Waals surface area contributed by atoms with Gasteiger partial charge in [0, 0.05) is 12.0 Å². The molecule has 2 aromatic rings. The van der Waals surface area contributed by atoms with Gasteiger partial charge in [0.1, 0.15) is 12.0 Å². The first-order valence-corrected chi connectivity index (χ1v) is 8.21. The highest BCUT2D eigenvalue weighted by atomic mass is 32.1. The minimum absolute atomic E-state index is 0.446. The third kappa shape index (κ3) is 4.15. The molecule has 1 atom stereocenters. The molecule has 0 spiro atoms. The lowest BCUT2D eigenvalue weighted by molar-refractivity contribution is -0.622. The van der Waals surface area contributed by atoms with Crippen LogP contribution in [0.25, 0.3) is 5.76 Å². The topological polar surface area (TPSA) is 25.8 Å². The van der Waals surface area contributed by atoms with Gasteiger partial charge in [-0.25, -0.2) is 0 Å². The van der Waals surface area contributed by atoms with Crippen LogP contribution in [0, 0.1) is 0 Å². The third-order valence-electron chi connectivity index (χ3n) is 3.79. The van der Waals surface area contributed by atoms with Crippen molar-refractivity contribution in [1.82, 2.24) is 0 Å². The summed E-state index contributed by atoms with van der Waals surface area (Å²) in [6, 6.07) is 21.0. The molecule has 1 aliphatic rings. The first-order chi connectivity index (χ1) is 11.2. The van der Waals surface area contributed by atoms with Crippen molar-refractivity contribution in [3.8, 4) is 0 Å². The van der Waals surface area contributed by atoms with E-state index in [-0.39, 0.29) is 0 Å². The molecule has 1 aliphatic heterocycles. The summed E-state index contributed by atoms with van der Waals surface area (Å²) in [4.78, 5) is 0. The Bertz CT molecular complexity index is 735. The second kappa shape index (κ2) is 7.36. The van der Waals surface area contributed by atoms with Gasteiger partial charge in [0.15, 0.2) is 0 Å². The van der Waals surface area contributed by atoms with Gasteiger partial charge in [-0.1, -0.05) is 60.7 Å². The van der Waals surface area contributed by atoms with E-state index in [2.05, 4.69) is 42.7 Å². The molecule has 0 aromatic heterocycles. The van der Waals surface area contributed by atoms with Crippen LogP contribution in [-0.2, 0) is 11.2 Å². The third-order valence-corrected chi connectivity index (χ3v) is 4.11. The number of quaternary nitrogens is 1. The Morgan fingerprint density at radius 1 is 1.04 bits per heavy atom. The normalized spacial score (nSPS) is 17.0. The fourth-order valence-electron chi connectivity index (χ4n) is 2.57. The maximum Gasteiger partial charge on any atom is 0.203 e. The van der Waals surface area contributed by atoms with E-state index in [9.17, 15) is 0 Å². The van der Waals surface area contributed by atoms with Crippen molar-refractivity contribution in [3.63, 3.8) is 0 Å². The highest BCUT2D eigenvalue weighted by molar-refractivity contribution is 7.80. The van der Waals surface area contributed by atoms with Gasteiger partial charge in [-0.3, -0.25) is 0 Å². The molecule has 1 heterocycles. The van der Waals surface area contributed by atoms with Crippen molar-refractivity contribution < 1.29 is 10.1 Å². The first-order valence-electron chi connectivity index (χ1n) is 7.81. The van der Waals surface area contributed by atoms with Crippen molar-refractivity contribution in [2.45, 2.75) is 19.4 Å². The predicted octanol–water partition coefficient (Wildman–Crippen LogP) is 3.46. The molecule has 0 saturated heterocycles. The van der Waals surface area contributed by atoms with E-state index in [0.29, 0.717) is 11.1 Å². The molecule has 0 saturated carbocycles. The summed E-state index contributed by atoms with van der Waals surface area (Å²) in [5, 5.41) is 2.75. The van der Waals surface area contributed by atoms with E-state index < -0.39 is 0 Å². The highest BCUT2D eigenvalue weighted by Gasteiger charge is 2.20. The summed E-state index contributed by atoms with van der Waals surface area (Å²) < 4.78 is 5.71. The van der Waals surface area contributed by atoms with E-state index in [1.807, 2.05) is 42.5 Å². The molecule has 116 valence electrons. The molecule has 0 aliphatic carbocycles. The van der Waals surface area contributed by atoms with Crippen molar-refractivity contribution in [2.75, 3.05) is 0 Å². The molecule has 3 heteroatoms. The van der Waals surface area contributed by atoms with Gasteiger partial charge >= 0.3 is 0 Å². The standard InChI is InChI=1S/C20H19NOS/c1-15(12-16-8-4-2-5-9-16)21-14-18-13-19(22-20(18)23)17-10-6-3-7-11-17/h2-11,13-15,21H,12H2,1H3/p+1/b18-14-/t15-/m0/s1. The van der Waals surface area contributed by atoms with Gasteiger partial charge in [-0.2, -0.15) is 0 Å². The Kier molecular flexibility index (Phi) is 5.01. The number of benzene rings is 2. The molecule has 0 amide bonds. The maximum absolute atomic E-state index is 5.71. The minimum Gasteiger partial charge on any atom is -0.444 e. The van der Waals surface area contributed by atoms with Crippen molar-refractivity contribution in [3.05, 3.63) is 89.6 Å². The van der Waals surface area contributed by atoms with Crippen LogP contribution >= 0.6 is 12.2 Å². The van der Waals surface area contributed by atoms with E-state index in [0.717, 1.165) is 23.3 Å². The van der Waals surface area contributed by atoms with Gasteiger partial charge in [0.2, 0.25) is 5.05 Å². The zero-order valence-corrected chi connectivity index (χ0v) is 13.9. The van der Waals surface area contributed by atoms with Gasteiger partial charge in [-0.15, -0.1) is 0 Å². The fourth-order valence-corrected chi connectivity index (χ4v) is 2.79. The lowest BCUT2D eigenvalue weighted by atomic mass is 10.1. The van der Waals surface area contributed by atoms with Crippen LogP contribution in [0.3, 0.4) is 0 Å². The van der Waals surface area contributed by atoms with Gasteiger partial charge in [0.05, 0.1) is 11.6 Å². The minimum atomic E-state index is 0.446. The van der Waals surface area contributed by atoms with Crippen LogP contribution in [0.5, 0.6) is 0 Å². The monoisotopic (exact) mass is 322 g/mol. The summed E-state index contributed by atoms with van der Waals surface area (Å²) in [6.45, 7) is 2.21. The SMILES string of the molecule is C[C@@H](Cc1ccccc1)[NH2+]/C=C1/C=C(c2ccccc2)OC1=S. The molecular formula is C20H20NOS+. The van der Waals surface area contributed by atoms with Crippen LogP contribution in [0.15, 0.2) is 78.5 Å². The number of thiocarbonyl (C=S) groups is 1. The van der Waals surface area contributed by atoms with E-state index in [1.54, 1.807) is 0 Å². The van der Waals surface area contributed by atoms with Crippen LogP contribution in [-0.4, -0.2) is 11.1 Å². The molecular weight excluding hydrogens is 302 g/mol. The Morgan fingerprint density at radius 2 is 1.70 bits per heavy atom. The lowest BCUT2D eigenvalue weighted by Gasteiger charge is -2.07. The number of nitrogens with two attached hydrogens (primary N) is 1. The second-order valence-electron chi connectivity index (χ2n) is 5.75. The Balaban J connectivity index is 1.65. The Morgan fingerprint density at radius 3 is 2.39 bits per heavy atom. The molecule has 2 N–H and O–H groups in total. The zero-order chi connectivity index (χ0) is 16.1. The van der Waals surface area contributed by atoms with Gasteiger partial charge < -0.3 is 10.1 Å².